The molecule has 0 saturated heterocycles. The molecule has 0 saturated carbocycles. The number of hydrogen-bond acceptors (Lipinski definition) is 5. The van der Waals surface area contributed by atoms with Crippen molar-refractivity contribution in [1.82, 2.24) is 4.90 Å². The van der Waals surface area contributed by atoms with Crippen LogP contribution in [0.5, 0.6) is 0 Å². The smallest absolute Gasteiger partial charge is 0.394 e. The van der Waals surface area contributed by atoms with E-state index >= 15 is 0 Å². The van der Waals surface area contributed by atoms with E-state index in [4.69, 9.17) is 5.11 Å². The molecule has 0 spiro atoms. The lowest BCUT2D eigenvalue weighted by Crippen LogP contribution is -2.32. The Balaban J connectivity index is 1.42. The fourth-order valence-electron chi connectivity index (χ4n) is 3.90. The number of nitrogens with one attached hydrogen (secondary N) is 1. The Bertz CT molecular complexity index is 1160. The van der Waals surface area contributed by atoms with Crippen molar-refractivity contribution in [2.75, 3.05) is 18.4 Å². The standard InChI is InChI=1S/C24H22N2O5S/c27-21(24(30)31)25-22-20(23(28)29)18-11-13-26(14-19(18)32-22)12-10-15-6-8-17(9-7-15)16-4-2-1-3-5-16/h1-9H,10-14H2,(H,25,27)(H,28,29)(H,30,31). The van der Waals surface area contributed by atoms with Gasteiger partial charge >= 0.3 is 17.8 Å². The van der Waals surface area contributed by atoms with E-state index in [0.29, 0.717) is 25.1 Å². The van der Waals surface area contributed by atoms with Crippen molar-refractivity contribution in [3.63, 3.8) is 0 Å². The zero-order valence-corrected chi connectivity index (χ0v) is 18.0. The molecule has 1 amide bonds. The quantitative estimate of drug-likeness (QED) is 0.494. The SMILES string of the molecule is O=C(O)C(=O)Nc1sc2c(c1C(=O)O)CCN(CCc1ccc(-c3ccccc3)cc1)C2. The van der Waals surface area contributed by atoms with E-state index in [1.165, 1.54) is 16.7 Å². The largest absolute Gasteiger partial charge is 0.478 e. The van der Waals surface area contributed by atoms with Crippen molar-refractivity contribution in [2.45, 2.75) is 19.4 Å². The first-order chi connectivity index (χ1) is 15.4. The molecule has 0 radical (unpaired) electrons. The summed E-state index contributed by atoms with van der Waals surface area (Å²) in [5, 5.41) is 20.7. The van der Waals surface area contributed by atoms with Crippen LogP contribution in [0.2, 0.25) is 0 Å². The van der Waals surface area contributed by atoms with Gasteiger partial charge in [-0.1, -0.05) is 54.6 Å². The molecule has 3 aromatic rings. The van der Waals surface area contributed by atoms with Gasteiger partial charge in [0.25, 0.3) is 0 Å². The topological polar surface area (TPSA) is 107 Å². The van der Waals surface area contributed by atoms with Crippen molar-refractivity contribution in [3.8, 4) is 11.1 Å². The summed E-state index contributed by atoms with van der Waals surface area (Å²) in [5.74, 6) is -4.04. The van der Waals surface area contributed by atoms with Gasteiger partial charge < -0.3 is 15.5 Å². The predicted molar refractivity (Wildman–Crippen MR) is 122 cm³/mol. The van der Waals surface area contributed by atoms with E-state index in [2.05, 4.69) is 46.6 Å². The Kier molecular flexibility index (Phi) is 6.34. The molecule has 32 heavy (non-hydrogen) atoms. The van der Waals surface area contributed by atoms with E-state index in [-0.39, 0.29) is 10.6 Å². The third kappa shape index (κ3) is 4.71. The van der Waals surface area contributed by atoms with Crippen molar-refractivity contribution in [3.05, 3.63) is 76.2 Å². The van der Waals surface area contributed by atoms with Crippen LogP contribution < -0.4 is 5.32 Å². The molecular weight excluding hydrogens is 428 g/mol. The van der Waals surface area contributed by atoms with Crippen LogP contribution in [-0.4, -0.2) is 46.0 Å². The van der Waals surface area contributed by atoms with Gasteiger partial charge in [-0.05, 0) is 35.1 Å². The Morgan fingerprint density at radius 2 is 1.66 bits per heavy atom. The number of hydrogen-bond donors (Lipinski definition) is 3. The number of fused-ring (bicyclic) bond motifs is 1. The van der Waals surface area contributed by atoms with Crippen LogP contribution in [0.1, 0.15) is 26.4 Å². The van der Waals surface area contributed by atoms with Crippen molar-refractivity contribution < 1.29 is 24.6 Å². The number of carboxylic acid groups (broad SMARTS) is 2. The van der Waals surface area contributed by atoms with Gasteiger partial charge in [-0.3, -0.25) is 9.69 Å². The monoisotopic (exact) mass is 450 g/mol. The van der Waals surface area contributed by atoms with Crippen LogP contribution in [0.15, 0.2) is 54.6 Å². The number of anilines is 1. The molecule has 3 N–H and O–H groups in total. The zero-order valence-electron chi connectivity index (χ0n) is 17.2. The number of amides is 1. The number of carboxylic acids is 2. The van der Waals surface area contributed by atoms with Gasteiger partial charge in [0.05, 0.1) is 5.56 Å². The fourth-order valence-corrected chi connectivity index (χ4v) is 5.18. The van der Waals surface area contributed by atoms with Crippen molar-refractivity contribution in [1.29, 1.82) is 0 Å². The number of rotatable bonds is 6. The second kappa shape index (κ2) is 9.33. The molecule has 1 aromatic heterocycles. The molecule has 8 heteroatoms. The summed E-state index contributed by atoms with van der Waals surface area (Å²) in [5.41, 5.74) is 4.28. The van der Waals surface area contributed by atoms with E-state index in [1.807, 2.05) is 18.2 Å². The van der Waals surface area contributed by atoms with E-state index in [0.717, 1.165) is 29.2 Å². The molecule has 2 aromatic carbocycles. The van der Waals surface area contributed by atoms with Crippen LogP contribution >= 0.6 is 11.3 Å². The highest BCUT2D eigenvalue weighted by molar-refractivity contribution is 7.17. The van der Waals surface area contributed by atoms with Crippen LogP contribution in [0.4, 0.5) is 5.00 Å². The van der Waals surface area contributed by atoms with Gasteiger partial charge in [-0.15, -0.1) is 11.3 Å². The highest BCUT2D eigenvalue weighted by Crippen LogP contribution is 2.37. The summed E-state index contributed by atoms with van der Waals surface area (Å²) in [6, 6.07) is 18.7. The molecule has 1 aliphatic rings. The maximum Gasteiger partial charge on any atom is 0.394 e. The Labute approximate surface area is 188 Å². The van der Waals surface area contributed by atoms with Gasteiger partial charge in [0.15, 0.2) is 0 Å². The average molecular weight is 451 g/mol. The van der Waals surface area contributed by atoms with E-state index < -0.39 is 17.8 Å². The fraction of sp³-hybridized carbons (Fsp3) is 0.208. The molecule has 0 bridgehead atoms. The predicted octanol–water partition coefficient (Wildman–Crippen LogP) is 3.74. The number of nitrogens with zero attached hydrogens (tertiary/aromatic N) is 1. The minimum absolute atomic E-state index is 0.00995. The Morgan fingerprint density at radius 3 is 2.31 bits per heavy atom. The maximum absolute atomic E-state index is 11.7. The first-order valence-electron chi connectivity index (χ1n) is 10.2. The maximum atomic E-state index is 11.7. The third-order valence-corrected chi connectivity index (χ3v) is 6.68. The molecular formula is C24H22N2O5S. The van der Waals surface area contributed by atoms with E-state index in [1.54, 1.807) is 0 Å². The summed E-state index contributed by atoms with van der Waals surface area (Å²) in [6.45, 7) is 2.10. The Morgan fingerprint density at radius 1 is 0.969 bits per heavy atom. The minimum Gasteiger partial charge on any atom is -0.478 e. The summed E-state index contributed by atoms with van der Waals surface area (Å²) in [4.78, 5) is 37.2. The first-order valence-corrected chi connectivity index (χ1v) is 11.0. The molecule has 7 nitrogen and oxygen atoms in total. The molecule has 0 fully saturated rings. The second-order valence-electron chi connectivity index (χ2n) is 7.61. The van der Waals surface area contributed by atoms with Crippen LogP contribution in [0.3, 0.4) is 0 Å². The second-order valence-corrected chi connectivity index (χ2v) is 8.72. The minimum atomic E-state index is -1.65. The summed E-state index contributed by atoms with van der Waals surface area (Å²) in [6.07, 6.45) is 1.41. The lowest BCUT2D eigenvalue weighted by atomic mass is 10.0. The summed E-state index contributed by atoms with van der Waals surface area (Å²) >= 11 is 1.14. The van der Waals surface area contributed by atoms with Crippen molar-refractivity contribution in [2.24, 2.45) is 0 Å². The van der Waals surface area contributed by atoms with E-state index in [9.17, 15) is 19.5 Å². The average Bonchev–Trinajstić information content (AvgIpc) is 3.15. The zero-order chi connectivity index (χ0) is 22.7. The van der Waals surface area contributed by atoms with Gasteiger partial charge in [0.1, 0.15) is 5.00 Å². The molecule has 0 aliphatic carbocycles. The molecule has 2 heterocycles. The van der Waals surface area contributed by atoms with Crippen LogP contribution in [-0.2, 0) is 29.0 Å². The number of thiophene rings is 1. The highest BCUT2D eigenvalue weighted by atomic mass is 32.1. The van der Waals surface area contributed by atoms with Gasteiger partial charge in [0.2, 0.25) is 0 Å². The van der Waals surface area contributed by atoms with Gasteiger partial charge in [-0.2, -0.15) is 0 Å². The number of benzene rings is 2. The lowest BCUT2D eigenvalue weighted by Gasteiger charge is -2.26. The number of carbonyl (C=O) groups is 3. The molecule has 4 rings (SSSR count). The molecule has 0 unspecified atom stereocenters. The highest BCUT2D eigenvalue weighted by Gasteiger charge is 2.29. The number of aromatic carboxylic acids is 1. The summed E-state index contributed by atoms with van der Waals surface area (Å²) in [7, 11) is 0. The first kappa shape index (κ1) is 21.7. The normalized spacial score (nSPS) is 13.4. The molecule has 0 atom stereocenters. The van der Waals surface area contributed by atoms with Gasteiger partial charge in [0, 0.05) is 24.5 Å². The Hall–Kier alpha value is -3.49. The number of aliphatic carboxylic acids is 1. The third-order valence-electron chi connectivity index (χ3n) is 5.55. The van der Waals surface area contributed by atoms with Crippen LogP contribution in [0, 0.1) is 0 Å². The van der Waals surface area contributed by atoms with Gasteiger partial charge in [-0.25, -0.2) is 9.59 Å². The van der Waals surface area contributed by atoms with Crippen LogP contribution in [0.25, 0.3) is 11.1 Å². The molecule has 1 aliphatic heterocycles. The summed E-state index contributed by atoms with van der Waals surface area (Å²) < 4.78 is 0. The number of carbonyl (C=O) groups excluding carboxylic acids is 1. The molecule has 164 valence electrons. The van der Waals surface area contributed by atoms with Crippen molar-refractivity contribution >= 4 is 34.2 Å². The lowest BCUT2D eigenvalue weighted by molar-refractivity contribution is -0.147.